The normalized spacial score (nSPS) is 10.5. The Kier molecular flexibility index (Phi) is 6.78. The molecule has 0 spiro atoms. The van der Waals surface area contributed by atoms with Gasteiger partial charge in [-0.15, -0.1) is 0 Å². The van der Waals surface area contributed by atoms with Crippen LogP contribution in [0.15, 0.2) is 42.5 Å². The first-order chi connectivity index (χ1) is 12.4. The van der Waals surface area contributed by atoms with Gasteiger partial charge < -0.3 is 15.4 Å². The van der Waals surface area contributed by atoms with Crippen LogP contribution in [0.3, 0.4) is 0 Å². The molecule has 0 aliphatic carbocycles. The molecular weight excluding hydrogens is 328 g/mol. The summed E-state index contributed by atoms with van der Waals surface area (Å²) in [6.45, 7) is 8.00. The fraction of sp³-hybridized carbons (Fsp3) is 0.333. The number of benzene rings is 2. The fourth-order valence-corrected chi connectivity index (χ4v) is 2.41. The quantitative estimate of drug-likeness (QED) is 0.798. The highest BCUT2D eigenvalue weighted by Gasteiger charge is 2.08. The maximum absolute atomic E-state index is 12.0. The molecule has 2 aromatic carbocycles. The highest BCUT2D eigenvalue weighted by molar-refractivity contribution is 5.92. The highest BCUT2D eigenvalue weighted by atomic mass is 16.5. The summed E-state index contributed by atoms with van der Waals surface area (Å²) in [6.07, 6.45) is 0. The van der Waals surface area contributed by atoms with E-state index in [0.717, 1.165) is 28.1 Å². The first-order valence-corrected chi connectivity index (χ1v) is 8.72. The van der Waals surface area contributed by atoms with Gasteiger partial charge in [-0.1, -0.05) is 44.2 Å². The lowest BCUT2D eigenvalue weighted by atomic mass is 10.1. The van der Waals surface area contributed by atoms with Gasteiger partial charge >= 0.3 is 0 Å². The molecule has 0 saturated heterocycles. The lowest BCUT2D eigenvalue weighted by molar-refractivity contribution is -0.123. The standard InChI is InChI=1S/C21H26N2O3/c1-14(2)21(25)23-18-10-8-17(9-11-18)12-22-19(24)13-26-20-15(3)6-5-7-16(20)4/h5-11,14H,12-13H2,1-4H3,(H,22,24)(H,23,25). The maximum Gasteiger partial charge on any atom is 0.258 e. The molecule has 2 amide bonds. The third kappa shape index (κ3) is 5.62. The number of nitrogens with one attached hydrogen (secondary N) is 2. The van der Waals surface area contributed by atoms with Crippen molar-refractivity contribution < 1.29 is 14.3 Å². The number of hydrogen-bond acceptors (Lipinski definition) is 3. The van der Waals surface area contributed by atoms with Crippen molar-refractivity contribution in [2.75, 3.05) is 11.9 Å². The van der Waals surface area contributed by atoms with Crippen LogP contribution in [0, 0.1) is 19.8 Å². The number of carbonyl (C=O) groups is 2. The summed E-state index contributed by atoms with van der Waals surface area (Å²) >= 11 is 0. The molecule has 0 aliphatic rings. The van der Waals surface area contributed by atoms with E-state index in [2.05, 4.69) is 10.6 Å². The zero-order valence-corrected chi connectivity index (χ0v) is 15.8. The van der Waals surface area contributed by atoms with Crippen molar-refractivity contribution in [2.24, 2.45) is 5.92 Å². The second kappa shape index (κ2) is 9.04. The minimum atomic E-state index is -0.176. The van der Waals surface area contributed by atoms with Gasteiger partial charge in [-0.05, 0) is 42.7 Å². The van der Waals surface area contributed by atoms with Crippen molar-refractivity contribution in [2.45, 2.75) is 34.2 Å². The maximum atomic E-state index is 12.0. The van der Waals surface area contributed by atoms with E-state index in [1.165, 1.54) is 0 Å². The summed E-state index contributed by atoms with van der Waals surface area (Å²) in [6, 6.07) is 13.3. The second-order valence-corrected chi connectivity index (χ2v) is 6.63. The summed E-state index contributed by atoms with van der Waals surface area (Å²) in [4.78, 5) is 23.7. The minimum absolute atomic E-state index is 0.0188. The van der Waals surface area contributed by atoms with Gasteiger partial charge in [-0.25, -0.2) is 0 Å². The topological polar surface area (TPSA) is 67.4 Å². The van der Waals surface area contributed by atoms with E-state index in [4.69, 9.17) is 4.74 Å². The number of hydrogen-bond donors (Lipinski definition) is 2. The number of para-hydroxylation sites is 1. The third-order valence-electron chi connectivity index (χ3n) is 3.99. The van der Waals surface area contributed by atoms with Gasteiger partial charge in [0.1, 0.15) is 5.75 Å². The smallest absolute Gasteiger partial charge is 0.258 e. The van der Waals surface area contributed by atoms with Gasteiger partial charge in [0.15, 0.2) is 6.61 Å². The Morgan fingerprint density at radius 1 is 1.00 bits per heavy atom. The van der Waals surface area contributed by atoms with Crippen molar-refractivity contribution in [3.8, 4) is 5.75 Å². The predicted octanol–water partition coefficient (Wildman–Crippen LogP) is 3.59. The van der Waals surface area contributed by atoms with Crippen molar-refractivity contribution in [1.29, 1.82) is 0 Å². The van der Waals surface area contributed by atoms with Gasteiger partial charge in [0.2, 0.25) is 5.91 Å². The Morgan fingerprint density at radius 2 is 1.62 bits per heavy atom. The van der Waals surface area contributed by atoms with E-state index in [1.54, 1.807) is 0 Å². The van der Waals surface area contributed by atoms with Gasteiger partial charge in [0, 0.05) is 18.2 Å². The fourth-order valence-electron chi connectivity index (χ4n) is 2.41. The number of rotatable bonds is 7. The van der Waals surface area contributed by atoms with Crippen LogP contribution in [-0.2, 0) is 16.1 Å². The molecule has 5 heteroatoms. The molecule has 2 rings (SSSR count). The molecular formula is C21H26N2O3. The Balaban J connectivity index is 1.81. The molecule has 0 unspecified atom stereocenters. The number of carbonyl (C=O) groups excluding carboxylic acids is 2. The Morgan fingerprint density at radius 3 is 2.19 bits per heavy atom. The zero-order chi connectivity index (χ0) is 19.1. The van der Waals surface area contributed by atoms with Crippen LogP contribution in [0.5, 0.6) is 5.75 Å². The molecule has 0 fully saturated rings. The second-order valence-electron chi connectivity index (χ2n) is 6.63. The van der Waals surface area contributed by atoms with E-state index in [-0.39, 0.29) is 24.3 Å². The first-order valence-electron chi connectivity index (χ1n) is 8.72. The van der Waals surface area contributed by atoms with Crippen LogP contribution in [0.25, 0.3) is 0 Å². The molecule has 2 N–H and O–H groups in total. The van der Waals surface area contributed by atoms with Crippen LogP contribution in [0.2, 0.25) is 0 Å². The molecule has 0 bridgehead atoms. The average Bonchev–Trinajstić information content (AvgIpc) is 2.60. The van der Waals surface area contributed by atoms with E-state index in [9.17, 15) is 9.59 Å². The summed E-state index contributed by atoms with van der Waals surface area (Å²) in [5.41, 5.74) is 3.72. The summed E-state index contributed by atoms with van der Waals surface area (Å²) in [7, 11) is 0. The van der Waals surface area contributed by atoms with Crippen molar-refractivity contribution in [3.05, 3.63) is 59.2 Å². The van der Waals surface area contributed by atoms with Gasteiger partial charge in [0.25, 0.3) is 5.91 Å². The summed E-state index contributed by atoms with van der Waals surface area (Å²) < 4.78 is 5.64. The van der Waals surface area contributed by atoms with E-state index in [0.29, 0.717) is 6.54 Å². The van der Waals surface area contributed by atoms with E-state index in [1.807, 2.05) is 70.2 Å². The van der Waals surface area contributed by atoms with Gasteiger partial charge in [-0.3, -0.25) is 9.59 Å². The number of amides is 2. The summed E-state index contributed by atoms with van der Waals surface area (Å²) in [5, 5.41) is 5.67. The summed E-state index contributed by atoms with van der Waals surface area (Å²) in [5.74, 6) is 0.498. The SMILES string of the molecule is Cc1cccc(C)c1OCC(=O)NCc1ccc(NC(=O)C(C)C)cc1. The lowest BCUT2D eigenvalue weighted by Crippen LogP contribution is -2.28. The molecule has 5 nitrogen and oxygen atoms in total. The lowest BCUT2D eigenvalue weighted by Gasteiger charge is -2.12. The molecule has 0 saturated carbocycles. The van der Waals surface area contributed by atoms with E-state index >= 15 is 0 Å². The molecule has 0 aromatic heterocycles. The molecule has 0 aliphatic heterocycles. The van der Waals surface area contributed by atoms with E-state index < -0.39 is 0 Å². The molecule has 2 aromatic rings. The van der Waals surface area contributed by atoms with Crippen LogP contribution in [0.1, 0.15) is 30.5 Å². The average molecular weight is 354 g/mol. The zero-order valence-electron chi connectivity index (χ0n) is 15.8. The van der Waals surface area contributed by atoms with Crippen LogP contribution in [0.4, 0.5) is 5.69 Å². The number of ether oxygens (including phenoxy) is 1. The molecule has 0 radical (unpaired) electrons. The van der Waals surface area contributed by atoms with Crippen LogP contribution >= 0.6 is 0 Å². The predicted molar refractivity (Wildman–Crippen MR) is 103 cm³/mol. The minimum Gasteiger partial charge on any atom is -0.483 e. The van der Waals surface area contributed by atoms with Gasteiger partial charge in [0.05, 0.1) is 0 Å². The van der Waals surface area contributed by atoms with Crippen LogP contribution in [-0.4, -0.2) is 18.4 Å². The molecule has 0 atom stereocenters. The van der Waals surface area contributed by atoms with Crippen molar-refractivity contribution >= 4 is 17.5 Å². The Hall–Kier alpha value is -2.82. The molecule has 0 heterocycles. The molecule has 26 heavy (non-hydrogen) atoms. The molecule has 138 valence electrons. The van der Waals surface area contributed by atoms with Gasteiger partial charge in [-0.2, -0.15) is 0 Å². The largest absolute Gasteiger partial charge is 0.483 e. The number of anilines is 1. The number of aryl methyl sites for hydroxylation is 2. The van der Waals surface area contributed by atoms with Crippen molar-refractivity contribution in [1.82, 2.24) is 5.32 Å². The van der Waals surface area contributed by atoms with Crippen LogP contribution < -0.4 is 15.4 Å². The highest BCUT2D eigenvalue weighted by Crippen LogP contribution is 2.22. The Labute approximate surface area is 154 Å². The van der Waals surface area contributed by atoms with Crippen molar-refractivity contribution in [3.63, 3.8) is 0 Å². The third-order valence-corrected chi connectivity index (χ3v) is 3.99. The first kappa shape index (κ1) is 19.5. The Bertz CT molecular complexity index is 747. The monoisotopic (exact) mass is 354 g/mol.